The van der Waals surface area contributed by atoms with E-state index < -0.39 is 5.97 Å². The molecule has 0 saturated heterocycles. The van der Waals surface area contributed by atoms with Gasteiger partial charge in [-0.15, -0.1) is 0 Å². The van der Waals surface area contributed by atoms with Gasteiger partial charge in [0.25, 0.3) is 0 Å². The molecule has 1 aromatic carbocycles. The van der Waals surface area contributed by atoms with E-state index in [1.54, 1.807) is 13.2 Å². The van der Waals surface area contributed by atoms with Gasteiger partial charge in [-0.25, -0.2) is 0 Å². The second-order valence-corrected chi connectivity index (χ2v) is 4.20. The Labute approximate surface area is 102 Å². The molecule has 0 heterocycles. The second kappa shape index (κ2) is 6.09. The van der Waals surface area contributed by atoms with Crippen LogP contribution in [0.1, 0.15) is 25.0 Å². The number of methoxy groups -OCH3 is 1. The van der Waals surface area contributed by atoms with E-state index in [1.807, 2.05) is 26.0 Å². The maximum atomic E-state index is 10.7. The molecule has 0 aromatic heterocycles. The van der Waals surface area contributed by atoms with Crippen molar-refractivity contribution in [1.29, 1.82) is 0 Å². The minimum absolute atomic E-state index is 0.0474. The van der Waals surface area contributed by atoms with Crippen molar-refractivity contribution in [2.24, 2.45) is 0 Å². The Balaban J connectivity index is 2.97. The van der Waals surface area contributed by atoms with Gasteiger partial charge in [0.1, 0.15) is 5.75 Å². The Hall–Kier alpha value is -1.77. The Bertz CT molecular complexity index is 429. The van der Waals surface area contributed by atoms with Crippen molar-refractivity contribution in [2.45, 2.75) is 26.7 Å². The summed E-state index contributed by atoms with van der Waals surface area (Å²) in [6, 6.07) is 5.51. The first-order chi connectivity index (χ1) is 8.02. The quantitative estimate of drug-likeness (QED) is 0.797. The number of rotatable bonds is 5. The van der Waals surface area contributed by atoms with Crippen molar-refractivity contribution in [3.8, 4) is 5.75 Å². The number of ether oxygens (including phenoxy) is 1. The summed E-state index contributed by atoms with van der Waals surface area (Å²) in [5.41, 5.74) is 3.05. The van der Waals surface area contributed by atoms with Crippen LogP contribution in [-0.4, -0.2) is 18.2 Å². The monoisotopic (exact) mass is 234 g/mol. The smallest absolute Gasteiger partial charge is 0.307 e. The van der Waals surface area contributed by atoms with Crippen LogP contribution in [0, 0.1) is 0 Å². The molecule has 0 aliphatic rings. The largest absolute Gasteiger partial charge is 0.496 e. The molecular formula is C14H18O3. The SMILES string of the molecule is COc1ccc(CC(=O)O)cc1CC=C(C)C. The average molecular weight is 234 g/mol. The van der Waals surface area contributed by atoms with Gasteiger partial charge in [0.2, 0.25) is 0 Å². The van der Waals surface area contributed by atoms with Crippen LogP contribution in [-0.2, 0) is 17.6 Å². The molecule has 0 aliphatic heterocycles. The molecule has 0 fully saturated rings. The fourth-order valence-corrected chi connectivity index (χ4v) is 1.59. The zero-order chi connectivity index (χ0) is 12.8. The van der Waals surface area contributed by atoms with Crippen molar-refractivity contribution >= 4 is 5.97 Å². The minimum atomic E-state index is -0.816. The third-order valence-corrected chi connectivity index (χ3v) is 2.43. The summed E-state index contributed by atoms with van der Waals surface area (Å²) in [7, 11) is 1.62. The first-order valence-electron chi connectivity index (χ1n) is 5.54. The molecule has 1 rings (SSSR count). The van der Waals surface area contributed by atoms with Crippen molar-refractivity contribution in [1.82, 2.24) is 0 Å². The van der Waals surface area contributed by atoms with E-state index in [0.29, 0.717) is 0 Å². The van der Waals surface area contributed by atoms with Gasteiger partial charge in [-0.2, -0.15) is 0 Å². The lowest BCUT2D eigenvalue weighted by Gasteiger charge is -2.08. The highest BCUT2D eigenvalue weighted by molar-refractivity contribution is 5.70. The van der Waals surface area contributed by atoms with Crippen LogP contribution in [0.25, 0.3) is 0 Å². The van der Waals surface area contributed by atoms with E-state index in [2.05, 4.69) is 6.08 Å². The molecular weight excluding hydrogens is 216 g/mol. The summed E-state index contributed by atoms with van der Waals surface area (Å²) in [5, 5.41) is 8.76. The summed E-state index contributed by atoms with van der Waals surface area (Å²) in [6.07, 6.45) is 2.91. The zero-order valence-electron chi connectivity index (χ0n) is 10.5. The number of hydrogen-bond acceptors (Lipinski definition) is 2. The van der Waals surface area contributed by atoms with Crippen LogP contribution in [0.4, 0.5) is 0 Å². The molecule has 0 unspecified atom stereocenters. The van der Waals surface area contributed by atoms with Gasteiger partial charge in [0.05, 0.1) is 13.5 Å². The fraction of sp³-hybridized carbons (Fsp3) is 0.357. The molecule has 0 amide bonds. The summed E-state index contributed by atoms with van der Waals surface area (Å²) in [5.74, 6) is -0.0139. The highest BCUT2D eigenvalue weighted by Crippen LogP contribution is 2.21. The maximum Gasteiger partial charge on any atom is 0.307 e. The van der Waals surface area contributed by atoms with Crippen LogP contribution in [0.5, 0.6) is 5.75 Å². The Morgan fingerprint density at radius 2 is 2.12 bits per heavy atom. The maximum absolute atomic E-state index is 10.7. The van der Waals surface area contributed by atoms with Crippen LogP contribution in [0.15, 0.2) is 29.8 Å². The Morgan fingerprint density at radius 3 is 2.65 bits per heavy atom. The van der Waals surface area contributed by atoms with Crippen molar-refractivity contribution in [3.05, 3.63) is 41.0 Å². The minimum Gasteiger partial charge on any atom is -0.496 e. The van der Waals surface area contributed by atoms with Crippen LogP contribution in [0.2, 0.25) is 0 Å². The number of benzene rings is 1. The van der Waals surface area contributed by atoms with E-state index in [9.17, 15) is 4.79 Å². The van der Waals surface area contributed by atoms with E-state index in [-0.39, 0.29) is 6.42 Å². The third-order valence-electron chi connectivity index (χ3n) is 2.43. The van der Waals surface area contributed by atoms with Gasteiger partial charge in [0.15, 0.2) is 0 Å². The third kappa shape index (κ3) is 4.31. The number of aliphatic carboxylic acids is 1. The van der Waals surface area contributed by atoms with Gasteiger partial charge in [-0.1, -0.05) is 23.8 Å². The number of hydrogen-bond donors (Lipinski definition) is 1. The molecule has 0 radical (unpaired) electrons. The number of carboxylic acids is 1. The van der Waals surface area contributed by atoms with E-state index >= 15 is 0 Å². The van der Waals surface area contributed by atoms with Gasteiger partial charge < -0.3 is 9.84 Å². The lowest BCUT2D eigenvalue weighted by atomic mass is 10.0. The highest BCUT2D eigenvalue weighted by atomic mass is 16.5. The van der Waals surface area contributed by atoms with Crippen LogP contribution < -0.4 is 4.74 Å². The molecule has 0 saturated carbocycles. The second-order valence-electron chi connectivity index (χ2n) is 4.20. The summed E-state index contributed by atoms with van der Waals surface area (Å²) < 4.78 is 5.26. The standard InChI is InChI=1S/C14H18O3/c1-10(2)4-6-12-8-11(9-14(15)16)5-7-13(12)17-3/h4-5,7-8H,6,9H2,1-3H3,(H,15,16). The van der Waals surface area contributed by atoms with Gasteiger partial charge >= 0.3 is 5.97 Å². The normalized spacial score (nSPS) is 9.82. The zero-order valence-corrected chi connectivity index (χ0v) is 10.5. The number of carbonyl (C=O) groups is 1. The summed E-state index contributed by atoms with van der Waals surface area (Å²) in [4.78, 5) is 10.7. The summed E-state index contributed by atoms with van der Waals surface area (Å²) >= 11 is 0. The fourth-order valence-electron chi connectivity index (χ4n) is 1.59. The molecule has 1 aromatic rings. The molecule has 0 bridgehead atoms. The first kappa shape index (κ1) is 13.3. The number of carboxylic acid groups (broad SMARTS) is 1. The molecule has 3 nitrogen and oxygen atoms in total. The Kier molecular flexibility index (Phi) is 4.76. The molecule has 17 heavy (non-hydrogen) atoms. The predicted molar refractivity (Wildman–Crippen MR) is 67.5 cm³/mol. The van der Waals surface area contributed by atoms with E-state index in [0.717, 1.165) is 23.3 Å². The first-order valence-corrected chi connectivity index (χ1v) is 5.54. The molecule has 92 valence electrons. The van der Waals surface area contributed by atoms with Gasteiger partial charge in [0, 0.05) is 0 Å². The lowest BCUT2D eigenvalue weighted by molar-refractivity contribution is -0.136. The average Bonchev–Trinajstić information content (AvgIpc) is 2.25. The number of allylic oxidation sites excluding steroid dienone is 2. The van der Waals surface area contributed by atoms with Crippen molar-refractivity contribution in [3.63, 3.8) is 0 Å². The molecule has 3 heteroatoms. The van der Waals surface area contributed by atoms with Gasteiger partial charge in [-0.3, -0.25) is 4.79 Å². The molecule has 1 N–H and O–H groups in total. The topological polar surface area (TPSA) is 46.5 Å². The van der Waals surface area contributed by atoms with Crippen molar-refractivity contribution in [2.75, 3.05) is 7.11 Å². The van der Waals surface area contributed by atoms with Crippen LogP contribution in [0.3, 0.4) is 0 Å². The van der Waals surface area contributed by atoms with E-state index in [1.165, 1.54) is 5.57 Å². The lowest BCUT2D eigenvalue weighted by Crippen LogP contribution is -2.01. The highest BCUT2D eigenvalue weighted by Gasteiger charge is 2.06. The molecule has 0 atom stereocenters. The van der Waals surface area contributed by atoms with Crippen molar-refractivity contribution < 1.29 is 14.6 Å². The van der Waals surface area contributed by atoms with Gasteiger partial charge in [-0.05, 0) is 37.5 Å². The van der Waals surface area contributed by atoms with E-state index in [4.69, 9.17) is 9.84 Å². The molecule has 0 spiro atoms. The van der Waals surface area contributed by atoms with Crippen LogP contribution >= 0.6 is 0 Å². The Morgan fingerprint density at radius 1 is 1.41 bits per heavy atom. The molecule has 0 aliphatic carbocycles. The predicted octanol–water partition coefficient (Wildman–Crippen LogP) is 2.83. The summed E-state index contributed by atoms with van der Waals surface area (Å²) in [6.45, 7) is 4.07.